The molecule has 0 saturated heterocycles. The monoisotopic (exact) mass is 426 g/mol. The van der Waals surface area contributed by atoms with Crippen molar-refractivity contribution in [2.45, 2.75) is 32.7 Å². The second-order valence-electron chi connectivity index (χ2n) is 7.09. The van der Waals surface area contributed by atoms with Crippen LogP contribution < -0.4 is 10.9 Å². The number of aryl methyl sites for hydroxylation is 1. The van der Waals surface area contributed by atoms with E-state index < -0.39 is 0 Å². The minimum Gasteiger partial charge on any atom is -0.354 e. The van der Waals surface area contributed by atoms with E-state index >= 15 is 0 Å². The van der Waals surface area contributed by atoms with Crippen molar-refractivity contribution in [1.82, 2.24) is 20.2 Å². The molecule has 1 heterocycles. The number of hydrogen-bond acceptors (Lipinski definition) is 4. The van der Waals surface area contributed by atoms with E-state index in [1.165, 1.54) is 0 Å². The second kappa shape index (κ2) is 10.4. The largest absolute Gasteiger partial charge is 0.354 e. The maximum atomic E-state index is 12.5. The molecule has 0 fully saturated rings. The van der Waals surface area contributed by atoms with Crippen molar-refractivity contribution in [2.75, 3.05) is 19.6 Å². The highest BCUT2D eigenvalue weighted by atomic mass is 35.5. The summed E-state index contributed by atoms with van der Waals surface area (Å²) in [5.74, 6) is 0.426. The Hall–Kier alpha value is -2.70. The Kier molecular flexibility index (Phi) is 7.60. The first-order chi connectivity index (χ1) is 14.5. The molecule has 7 heteroatoms. The number of likely N-dealkylation sites (N-methyl/N-ethyl adjacent to an activating group) is 1. The molecule has 2 aromatic carbocycles. The van der Waals surface area contributed by atoms with Crippen LogP contribution in [-0.4, -0.2) is 40.4 Å². The van der Waals surface area contributed by atoms with E-state index in [0.717, 1.165) is 18.7 Å². The lowest BCUT2D eigenvalue weighted by atomic mass is 10.0. The van der Waals surface area contributed by atoms with Crippen molar-refractivity contribution < 1.29 is 4.79 Å². The van der Waals surface area contributed by atoms with Gasteiger partial charge in [-0.15, -0.1) is 0 Å². The molecule has 0 aliphatic carbocycles. The number of nitrogens with one attached hydrogen (secondary N) is 2. The Balaban J connectivity index is 1.65. The van der Waals surface area contributed by atoms with Gasteiger partial charge in [0.1, 0.15) is 5.82 Å². The van der Waals surface area contributed by atoms with Crippen LogP contribution in [0.1, 0.15) is 37.7 Å². The van der Waals surface area contributed by atoms with Crippen molar-refractivity contribution in [3.63, 3.8) is 0 Å². The summed E-state index contributed by atoms with van der Waals surface area (Å²) in [5.41, 5.74) is 1.46. The van der Waals surface area contributed by atoms with Gasteiger partial charge in [-0.3, -0.25) is 14.5 Å². The Labute approximate surface area is 181 Å². The van der Waals surface area contributed by atoms with E-state index in [1.807, 2.05) is 30.3 Å². The fourth-order valence-corrected chi connectivity index (χ4v) is 3.89. The lowest BCUT2D eigenvalue weighted by Crippen LogP contribution is -2.38. The Morgan fingerprint density at radius 2 is 1.83 bits per heavy atom. The molecule has 0 aliphatic heterocycles. The standard InChI is InChI=1S/C23H27ClN4O2/c1-3-28(4-2)20(16-9-5-7-11-18(16)24)15-25-22(29)14-13-21-26-19-12-8-6-10-17(19)23(30)27-21/h5-12,20H,3-4,13-15H2,1-2H3,(H,25,29)(H,26,27,30). The van der Waals surface area contributed by atoms with Gasteiger partial charge in [-0.1, -0.05) is 55.8 Å². The fourth-order valence-electron chi connectivity index (χ4n) is 3.63. The first-order valence-corrected chi connectivity index (χ1v) is 10.6. The molecule has 1 unspecified atom stereocenters. The quantitative estimate of drug-likeness (QED) is 0.546. The molecule has 158 valence electrons. The number of hydrogen-bond donors (Lipinski definition) is 2. The first kappa shape index (κ1) is 22.0. The third-order valence-electron chi connectivity index (χ3n) is 5.26. The summed E-state index contributed by atoms with van der Waals surface area (Å²) in [4.78, 5) is 34.2. The molecule has 30 heavy (non-hydrogen) atoms. The predicted octanol–water partition coefficient (Wildman–Crippen LogP) is 3.71. The molecular formula is C23H27ClN4O2. The number of carbonyl (C=O) groups is 1. The minimum atomic E-state index is -0.184. The molecule has 6 nitrogen and oxygen atoms in total. The molecule has 0 spiro atoms. The number of aromatic nitrogens is 2. The number of aromatic amines is 1. The molecule has 0 aliphatic rings. The lowest BCUT2D eigenvalue weighted by molar-refractivity contribution is -0.121. The fraction of sp³-hybridized carbons (Fsp3) is 0.348. The molecular weight excluding hydrogens is 400 g/mol. The summed E-state index contributed by atoms with van der Waals surface area (Å²) < 4.78 is 0. The van der Waals surface area contributed by atoms with E-state index in [-0.39, 0.29) is 23.9 Å². The Morgan fingerprint density at radius 3 is 2.57 bits per heavy atom. The summed E-state index contributed by atoms with van der Waals surface area (Å²) in [7, 11) is 0. The molecule has 2 N–H and O–H groups in total. The van der Waals surface area contributed by atoms with Gasteiger partial charge in [-0.2, -0.15) is 0 Å². The van der Waals surface area contributed by atoms with Crippen LogP contribution in [0.4, 0.5) is 0 Å². The third-order valence-corrected chi connectivity index (χ3v) is 5.60. The van der Waals surface area contributed by atoms with Crippen LogP contribution in [0, 0.1) is 0 Å². The zero-order valence-corrected chi connectivity index (χ0v) is 18.1. The van der Waals surface area contributed by atoms with Gasteiger partial charge in [0.2, 0.25) is 5.91 Å². The zero-order chi connectivity index (χ0) is 21.5. The molecule has 1 aromatic heterocycles. The van der Waals surface area contributed by atoms with E-state index in [0.29, 0.717) is 34.7 Å². The van der Waals surface area contributed by atoms with Crippen LogP contribution in [0.25, 0.3) is 10.9 Å². The van der Waals surface area contributed by atoms with E-state index in [2.05, 4.69) is 34.0 Å². The number of rotatable bonds is 9. The van der Waals surface area contributed by atoms with Gasteiger partial charge in [0.25, 0.3) is 5.56 Å². The second-order valence-corrected chi connectivity index (χ2v) is 7.50. The van der Waals surface area contributed by atoms with Crippen molar-refractivity contribution in [2.24, 2.45) is 0 Å². The SMILES string of the molecule is CCN(CC)C(CNC(=O)CCc1nc2ccccc2c(=O)[nH]1)c1ccccc1Cl. The normalized spacial score (nSPS) is 12.3. The number of amides is 1. The van der Waals surface area contributed by atoms with Gasteiger partial charge in [0.15, 0.2) is 0 Å². The Bertz CT molecular complexity index is 1060. The minimum absolute atomic E-state index is 0.00347. The molecule has 1 amide bonds. The molecule has 3 aromatic rings. The van der Waals surface area contributed by atoms with Crippen LogP contribution in [0.15, 0.2) is 53.3 Å². The van der Waals surface area contributed by atoms with Crippen LogP contribution in [0.3, 0.4) is 0 Å². The smallest absolute Gasteiger partial charge is 0.258 e. The summed E-state index contributed by atoms with van der Waals surface area (Å²) >= 11 is 6.41. The number of benzene rings is 2. The van der Waals surface area contributed by atoms with Gasteiger partial charge >= 0.3 is 0 Å². The van der Waals surface area contributed by atoms with Gasteiger partial charge in [0, 0.05) is 24.4 Å². The number of H-pyrrole nitrogens is 1. The highest BCUT2D eigenvalue weighted by Crippen LogP contribution is 2.27. The molecule has 0 saturated carbocycles. The third kappa shape index (κ3) is 5.26. The van der Waals surface area contributed by atoms with Gasteiger partial charge < -0.3 is 10.3 Å². The van der Waals surface area contributed by atoms with Crippen molar-refractivity contribution in [1.29, 1.82) is 0 Å². The summed E-state index contributed by atoms with van der Waals surface area (Å²) in [5, 5.41) is 4.27. The number of nitrogens with zero attached hydrogens (tertiary/aromatic N) is 2. The van der Waals surface area contributed by atoms with Crippen molar-refractivity contribution >= 4 is 28.4 Å². The maximum absolute atomic E-state index is 12.5. The van der Waals surface area contributed by atoms with Crippen LogP contribution >= 0.6 is 11.6 Å². The van der Waals surface area contributed by atoms with E-state index in [1.54, 1.807) is 18.2 Å². The summed E-state index contributed by atoms with van der Waals surface area (Å²) in [6.07, 6.45) is 0.614. The highest BCUT2D eigenvalue weighted by Gasteiger charge is 2.21. The van der Waals surface area contributed by atoms with Gasteiger partial charge in [0.05, 0.1) is 16.9 Å². The molecule has 1 atom stereocenters. The number of para-hydroxylation sites is 1. The molecule has 0 bridgehead atoms. The van der Waals surface area contributed by atoms with E-state index in [4.69, 9.17) is 11.6 Å². The summed E-state index contributed by atoms with van der Waals surface area (Å²) in [6.45, 7) is 6.36. The average molecular weight is 427 g/mol. The number of carbonyl (C=O) groups excluding carboxylic acids is 1. The highest BCUT2D eigenvalue weighted by molar-refractivity contribution is 6.31. The van der Waals surface area contributed by atoms with Crippen LogP contribution in [0.5, 0.6) is 0 Å². The van der Waals surface area contributed by atoms with Crippen molar-refractivity contribution in [3.8, 4) is 0 Å². The van der Waals surface area contributed by atoms with Crippen molar-refractivity contribution in [3.05, 3.63) is 75.3 Å². The van der Waals surface area contributed by atoms with Crippen LogP contribution in [0.2, 0.25) is 5.02 Å². The summed E-state index contributed by atoms with van der Waals surface area (Å²) in [6, 6.07) is 14.9. The predicted molar refractivity (Wildman–Crippen MR) is 121 cm³/mol. The molecule has 0 radical (unpaired) electrons. The first-order valence-electron chi connectivity index (χ1n) is 10.3. The maximum Gasteiger partial charge on any atom is 0.258 e. The van der Waals surface area contributed by atoms with Gasteiger partial charge in [-0.25, -0.2) is 4.98 Å². The average Bonchev–Trinajstić information content (AvgIpc) is 2.76. The number of fused-ring (bicyclic) bond motifs is 1. The topological polar surface area (TPSA) is 78.1 Å². The van der Waals surface area contributed by atoms with E-state index in [9.17, 15) is 9.59 Å². The molecule has 3 rings (SSSR count). The Morgan fingerprint density at radius 1 is 1.13 bits per heavy atom. The van der Waals surface area contributed by atoms with Gasteiger partial charge in [-0.05, 0) is 36.9 Å². The lowest BCUT2D eigenvalue weighted by Gasteiger charge is -2.31. The van der Waals surface area contributed by atoms with Crippen LogP contribution in [-0.2, 0) is 11.2 Å². The zero-order valence-electron chi connectivity index (χ0n) is 17.3. The number of halogens is 1.